The standard InChI is InChI=1S/C12H27N3O/c1-12(2)15(5-3-4-13)7-6-14-8-10-16-11-9-14/h12H,3-11,13H2,1-2H3. The van der Waals surface area contributed by atoms with E-state index in [1.165, 1.54) is 0 Å². The summed E-state index contributed by atoms with van der Waals surface area (Å²) in [5.74, 6) is 0. The molecule has 0 aliphatic carbocycles. The Balaban J connectivity index is 2.19. The third-order valence-electron chi connectivity index (χ3n) is 3.19. The van der Waals surface area contributed by atoms with Crippen LogP contribution < -0.4 is 5.73 Å². The van der Waals surface area contributed by atoms with E-state index in [0.29, 0.717) is 6.04 Å². The van der Waals surface area contributed by atoms with Crippen molar-refractivity contribution in [2.75, 3.05) is 52.5 Å². The smallest absolute Gasteiger partial charge is 0.0594 e. The van der Waals surface area contributed by atoms with Crippen molar-refractivity contribution in [1.82, 2.24) is 9.80 Å². The minimum Gasteiger partial charge on any atom is -0.379 e. The first kappa shape index (κ1) is 13.9. The number of hydrogen-bond acceptors (Lipinski definition) is 4. The number of nitrogens with zero attached hydrogens (tertiary/aromatic N) is 2. The van der Waals surface area contributed by atoms with Gasteiger partial charge >= 0.3 is 0 Å². The average molecular weight is 229 g/mol. The number of nitrogens with two attached hydrogens (primary N) is 1. The highest BCUT2D eigenvalue weighted by Gasteiger charge is 2.13. The second-order valence-electron chi connectivity index (χ2n) is 4.73. The van der Waals surface area contributed by atoms with Crippen LogP contribution in [0.5, 0.6) is 0 Å². The van der Waals surface area contributed by atoms with Gasteiger partial charge in [0, 0.05) is 32.2 Å². The highest BCUT2D eigenvalue weighted by molar-refractivity contribution is 4.68. The molecule has 0 bridgehead atoms. The number of rotatable bonds is 7. The summed E-state index contributed by atoms with van der Waals surface area (Å²) < 4.78 is 5.35. The molecule has 0 aromatic heterocycles. The fourth-order valence-corrected chi connectivity index (χ4v) is 2.02. The Labute approximate surface area is 99.7 Å². The second-order valence-corrected chi connectivity index (χ2v) is 4.73. The zero-order chi connectivity index (χ0) is 11.8. The highest BCUT2D eigenvalue weighted by Crippen LogP contribution is 2.02. The summed E-state index contributed by atoms with van der Waals surface area (Å²) in [4.78, 5) is 5.00. The third-order valence-corrected chi connectivity index (χ3v) is 3.19. The van der Waals surface area contributed by atoms with Gasteiger partial charge in [-0.1, -0.05) is 0 Å². The lowest BCUT2D eigenvalue weighted by atomic mass is 10.2. The predicted octanol–water partition coefficient (Wildman–Crippen LogP) is 0.378. The molecule has 1 aliphatic rings. The van der Waals surface area contributed by atoms with Crippen LogP contribution in [0.3, 0.4) is 0 Å². The monoisotopic (exact) mass is 229 g/mol. The SMILES string of the molecule is CC(C)N(CCCN)CCN1CCOCC1. The van der Waals surface area contributed by atoms with Crippen molar-refractivity contribution in [2.45, 2.75) is 26.3 Å². The first-order chi connectivity index (χ1) is 7.74. The summed E-state index contributed by atoms with van der Waals surface area (Å²) in [6.07, 6.45) is 1.10. The van der Waals surface area contributed by atoms with E-state index in [4.69, 9.17) is 10.5 Å². The second kappa shape index (κ2) is 8.01. The first-order valence-electron chi connectivity index (χ1n) is 6.48. The molecule has 0 spiro atoms. The zero-order valence-electron chi connectivity index (χ0n) is 10.8. The van der Waals surface area contributed by atoms with Crippen LogP contribution in [-0.4, -0.2) is 68.3 Å². The van der Waals surface area contributed by atoms with Crippen molar-refractivity contribution < 1.29 is 4.74 Å². The zero-order valence-corrected chi connectivity index (χ0v) is 10.8. The van der Waals surface area contributed by atoms with E-state index in [9.17, 15) is 0 Å². The molecule has 4 heteroatoms. The maximum Gasteiger partial charge on any atom is 0.0594 e. The molecular formula is C12H27N3O. The maximum atomic E-state index is 5.56. The average Bonchev–Trinajstić information content (AvgIpc) is 2.30. The van der Waals surface area contributed by atoms with Gasteiger partial charge < -0.3 is 10.5 Å². The molecule has 96 valence electrons. The minimum absolute atomic E-state index is 0.618. The van der Waals surface area contributed by atoms with Crippen LogP contribution in [0.4, 0.5) is 0 Å². The van der Waals surface area contributed by atoms with Gasteiger partial charge in [0.1, 0.15) is 0 Å². The Hall–Kier alpha value is -0.160. The van der Waals surface area contributed by atoms with Crippen LogP contribution in [0.15, 0.2) is 0 Å². The lowest BCUT2D eigenvalue weighted by molar-refractivity contribution is 0.0317. The van der Waals surface area contributed by atoms with E-state index in [1.54, 1.807) is 0 Å². The van der Waals surface area contributed by atoms with Gasteiger partial charge in [-0.25, -0.2) is 0 Å². The summed E-state index contributed by atoms with van der Waals surface area (Å²) >= 11 is 0. The van der Waals surface area contributed by atoms with E-state index in [1.807, 2.05) is 0 Å². The van der Waals surface area contributed by atoms with Crippen LogP contribution >= 0.6 is 0 Å². The molecule has 0 amide bonds. The Bertz CT molecular complexity index is 170. The molecule has 1 rings (SSSR count). The van der Waals surface area contributed by atoms with Gasteiger partial charge in [0.15, 0.2) is 0 Å². The van der Waals surface area contributed by atoms with Crippen molar-refractivity contribution in [3.05, 3.63) is 0 Å². The number of ether oxygens (including phenoxy) is 1. The molecule has 1 saturated heterocycles. The van der Waals surface area contributed by atoms with Gasteiger partial charge in [-0.15, -0.1) is 0 Å². The topological polar surface area (TPSA) is 41.7 Å². The first-order valence-corrected chi connectivity index (χ1v) is 6.48. The largest absolute Gasteiger partial charge is 0.379 e. The van der Waals surface area contributed by atoms with Crippen LogP contribution in [0.1, 0.15) is 20.3 Å². The fraction of sp³-hybridized carbons (Fsp3) is 1.00. The third kappa shape index (κ3) is 5.25. The predicted molar refractivity (Wildman–Crippen MR) is 67.6 cm³/mol. The molecule has 1 heterocycles. The molecule has 1 aliphatic heterocycles. The lowest BCUT2D eigenvalue weighted by Crippen LogP contribution is -2.43. The molecule has 4 nitrogen and oxygen atoms in total. The van der Waals surface area contributed by atoms with Gasteiger partial charge in [0.2, 0.25) is 0 Å². The molecule has 0 saturated carbocycles. The molecule has 16 heavy (non-hydrogen) atoms. The summed E-state index contributed by atoms with van der Waals surface area (Å²) in [5.41, 5.74) is 5.56. The van der Waals surface area contributed by atoms with Gasteiger partial charge in [-0.2, -0.15) is 0 Å². The molecule has 1 fully saturated rings. The molecule has 0 aromatic carbocycles. The van der Waals surface area contributed by atoms with Crippen molar-refractivity contribution >= 4 is 0 Å². The van der Waals surface area contributed by atoms with E-state index in [2.05, 4.69) is 23.6 Å². The van der Waals surface area contributed by atoms with E-state index < -0.39 is 0 Å². The van der Waals surface area contributed by atoms with Gasteiger partial charge in [0.25, 0.3) is 0 Å². The van der Waals surface area contributed by atoms with Crippen LogP contribution in [0, 0.1) is 0 Å². The van der Waals surface area contributed by atoms with Crippen molar-refractivity contribution in [1.29, 1.82) is 0 Å². The van der Waals surface area contributed by atoms with Gasteiger partial charge in [-0.3, -0.25) is 9.80 Å². The van der Waals surface area contributed by atoms with Crippen LogP contribution in [0.2, 0.25) is 0 Å². The van der Waals surface area contributed by atoms with Gasteiger partial charge in [0.05, 0.1) is 13.2 Å². The molecule has 0 radical (unpaired) electrons. The lowest BCUT2D eigenvalue weighted by Gasteiger charge is -2.31. The number of morpholine rings is 1. The normalized spacial score (nSPS) is 18.6. The molecule has 0 aromatic rings. The quantitative estimate of drug-likeness (QED) is 0.685. The van der Waals surface area contributed by atoms with Crippen molar-refractivity contribution in [3.63, 3.8) is 0 Å². The Morgan fingerprint density at radius 3 is 2.50 bits per heavy atom. The van der Waals surface area contributed by atoms with E-state index in [0.717, 1.165) is 58.9 Å². The molecule has 0 unspecified atom stereocenters. The summed E-state index contributed by atoms with van der Waals surface area (Å²) in [6, 6.07) is 0.618. The van der Waals surface area contributed by atoms with Crippen LogP contribution in [-0.2, 0) is 4.74 Å². The molecule has 0 atom stereocenters. The highest BCUT2D eigenvalue weighted by atomic mass is 16.5. The van der Waals surface area contributed by atoms with E-state index in [-0.39, 0.29) is 0 Å². The van der Waals surface area contributed by atoms with Crippen molar-refractivity contribution in [3.8, 4) is 0 Å². The van der Waals surface area contributed by atoms with Crippen LogP contribution in [0.25, 0.3) is 0 Å². The Morgan fingerprint density at radius 2 is 1.94 bits per heavy atom. The minimum atomic E-state index is 0.618. The summed E-state index contributed by atoms with van der Waals surface area (Å²) in [7, 11) is 0. The maximum absolute atomic E-state index is 5.56. The van der Waals surface area contributed by atoms with Crippen molar-refractivity contribution in [2.24, 2.45) is 5.73 Å². The molecule has 2 N–H and O–H groups in total. The van der Waals surface area contributed by atoms with Gasteiger partial charge in [-0.05, 0) is 33.4 Å². The Morgan fingerprint density at radius 1 is 1.25 bits per heavy atom. The summed E-state index contributed by atoms with van der Waals surface area (Å²) in [5, 5.41) is 0. The number of hydrogen-bond donors (Lipinski definition) is 1. The molecular weight excluding hydrogens is 202 g/mol. The summed E-state index contributed by atoms with van der Waals surface area (Å²) in [6.45, 7) is 12.7. The van der Waals surface area contributed by atoms with E-state index >= 15 is 0 Å². The fourth-order valence-electron chi connectivity index (χ4n) is 2.02. The Kier molecular flexibility index (Phi) is 6.96.